The predicted molar refractivity (Wildman–Crippen MR) is 109 cm³/mol. The van der Waals surface area contributed by atoms with Crippen molar-refractivity contribution in [2.24, 2.45) is 0 Å². The number of alkyl halides is 3. The number of carboxylic acids is 1. The smallest absolute Gasteiger partial charge is 0.335 e. The number of allylic oxidation sites excluding steroid dienone is 3. The van der Waals surface area contributed by atoms with E-state index in [4.69, 9.17) is 44.6 Å². The second kappa shape index (κ2) is 11.0. The first-order chi connectivity index (χ1) is 12.1. The minimum Gasteiger partial charge on any atom is -0.478 e. The molecule has 1 N–H and O–H groups in total. The van der Waals surface area contributed by atoms with Gasteiger partial charge in [0.05, 0.1) is 18.3 Å². The largest absolute Gasteiger partial charge is 0.478 e. The van der Waals surface area contributed by atoms with E-state index in [-0.39, 0.29) is 11.7 Å². The normalized spacial score (nSPS) is 14.4. The van der Waals surface area contributed by atoms with Gasteiger partial charge in [-0.1, -0.05) is 70.2 Å². The topological polar surface area (TPSA) is 46.5 Å². The van der Waals surface area contributed by atoms with Gasteiger partial charge in [-0.2, -0.15) is 0 Å². The Bertz CT molecular complexity index is 643. The van der Waals surface area contributed by atoms with Crippen LogP contribution in [0.1, 0.15) is 62.1 Å². The Balaban J connectivity index is 2.40. The number of aromatic carboxylic acids is 1. The summed E-state index contributed by atoms with van der Waals surface area (Å²) in [6.07, 6.45) is 6.28. The number of ether oxygens (including phenoxy) is 1. The number of halogens is 3. The molecule has 6 heteroatoms. The van der Waals surface area contributed by atoms with Crippen LogP contribution in [0, 0.1) is 0 Å². The van der Waals surface area contributed by atoms with Crippen LogP contribution in [0.3, 0.4) is 0 Å². The van der Waals surface area contributed by atoms with Crippen LogP contribution in [-0.2, 0) is 4.74 Å². The summed E-state index contributed by atoms with van der Waals surface area (Å²) in [7, 11) is 0. The lowest BCUT2D eigenvalue weighted by Gasteiger charge is -2.13. The van der Waals surface area contributed by atoms with Crippen molar-refractivity contribution < 1.29 is 14.6 Å². The standard InChI is InChI=1S/C20H25Cl3O3/c1-14(5-4-6-15(2)13-20(21,22)23)11-12-26-16(3)17-7-9-18(10-8-17)19(24)25/h6-11,16H,4-5,12-13H2,1-3H3,(H,24,25)/b14-11+,15-6+. The van der Waals surface area contributed by atoms with Crippen molar-refractivity contribution in [1.29, 1.82) is 0 Å². The number of hydrogen-bond donors (Lipinski definition) is 1. The van der Waals surface area contributed by atoms with Crippen molar-refractivity contribution in [1.82, 2.24) is 0 Å². The van der Waals surface area contributed by atoms with E-state index in [1.165, 1.54) is 5.57 Å². The maximum atomic E-state index is 10.9. The molecule has 0 aromatic heterocycles. The highest BCUT2D eigenvalue weighted by Crippen LogP contribution is 2.33. The van der Waals surface area contributed by atoms with Gasteiger partial charge in [-0.15, -0.1) is 0 Å². The average Bonchev–Trinajstić information content (AvgIpc) is 2.53. The molecule has 144 valence electrons. The van der Waals surface area contributed by atoms with Gasteiger partial charge < -0.3 is 9.84 Å². The van der Waals surface area contributed by atoms with Crippen LogP contribution in [0.2, 0.25) is 0 Å². The zero-order chi connectivity index (χ0) is 19.7. The molecule has 1 rings (SSSR count). The summed E-state index contributed by atoms with van der Waals surface area (Å²) in [5.41, 5.74) is 3.52. The highest BCUT2D eigenvalue weighted by molar-refractivity contribution is 6.67. The van der Waals surface area contributed by atoms with Crippen molar-refractivity contribution in [3.8, 4) is 0 Å². The van der Waals surface area contributed by atoms with Crippen LogP contribution < -0.4 is 0 Å². The van der Waals surface area contributed by atoms with Crippen molar-refractivity contribution in [2.45, 2.75) is 49.9 Å². The third kappa shape index (κ3) is 9.63. The third-order valence-corrected chi connectivity index (χ3v) is 4.32. The van der Waals surface area contributed by atoms with E-state index in [2.05, 4.69) is 19.1 Å². The van der Waals surface area contributed by atoms with Crippen molar-refractivity contribution in [2.75, 3.05) is 6.61 Å². The first-order valence-electron chi connectivity index (χ1n) is 8.41. The second-order valence-electron chi connectivity index (χ2n) is 6.33. The maximum Gasteiger partial charge on any atom is 0.335 e. The number of benzene rings is 1. The SMILES string of the molecule is C/C(=C\COC(C)c1ccc(C(=O)O)cc1)CC/C=C(\C)CC(Cl)(Cl)Cl. The first kappa shape index (κ1) is 23.0. The Morgan fingerprint density at radius 2 is 1.77 bits per heavy atom. The van der Waals surface area contributed by atoms with Gasteiger partial charge in [0, 0.05) is 6.42 Å². The van der Waals surface area contributed by atoms with E-state index < -0.39 is 9.76 Å². The van der Waals surface area contributed by atoms with Gasteiger partial charge in [0.15, 0.2) is 3.79 Å². The Labute approximate surface area is 170 Å². The molecule has 0 aliphatic rings. The summed E-state index contributed by atoms with van der Waals surface area (Å²) in [6, 6.07) is 6.74. The molecule has 0 amide bonds. The number of carbonyl (C=O) groups is 1. The molecule has 0 spiro atoms. The summed E-state index contributed by atoms with van der Waals surface area (Å²) >= 11 is 17.3. The first-order valence-corrected chi connectivity index (χ1v) is 9.54. The summed E-state index contributed by atoms with van der Waals surface area (Å²) < 4.78 is 4.56. The quantitative estimate of drug-likeness (QED) is 0.350. The lowest BCUT2D eigenvalue weighted by molar-refractivity contribution is 0.0695. The lowest BCUT2D eigenvalue weighted by atomic mass is 10.1. The average molecular weight is 420 g/mol. The molecule has 1 unspecified atom stereocenters. The molecule has 1 aromatic rings. The van der Waals surface area contributed by atoms with Crippen LogP contribution in [0.25, 0.3) is 0 Å². The zero-order valence-electron chi connectivity index (χ0n) is 15.3. The summed E-state index contributed by atoms with van der Waals surface area (Å²) in [4.78, 5) is 10.9. The highest BCUT2D eigenvalue weighted by atomic mass is 35.6. The van der Waals surface area contributed by atoms with E-state index in [9.17, 15) is 4.79 Å². The summed E-state index contributed by atoms with van der Waals surface area (Å²) in [5.74, 6) is -0.929. The Morgan fingerprint density at radius 1 is 1.15 bits per heavy atom. The second-order valence-corrected chi connectivity index (χ2v) is 8.85. The lowest BCUT2D eigenvalue weighted by Crippen LogP contribution is -2.02. The Morgan fingerprint density at radius 3 is 2.31 bits per heavy atom. The van der Waals surface area contributed by atoms with Crippen LogP contribution in [0.5, 0.6) is 0 Å². The van der Waals surface area contributed by atoms with E-state index in [0.717, 1.165) is 24.0 Å². The van der Waals surface area contributed by atoms with Crippen molar-refractivity contribution in [3.63, 3.8) is 0 Å². The van der Waals surface area contributed by atoms with E-state index in [0.29, 0.717) is 13.0 Å². The number of rotatable bonds is 9. The molecule has 0 aliphatic heterocycles. The molecule has 0 aliphatic carbocycles. The van der Waals surface area contributed by atoms with Gasteiger partial charge in [0.2, 0.25) is 0 Å². The Hall–Kier alpha value is -1.000. The molecule has 0 saturated heterocycles. The Kier molecular flexibility index (Phi) is 9.73. The van der Waals surface area contributed by atoms with E-state index in [1.54, 1.807) is 24.3 Å². The van der Waals surface area contributed by atoms with Crippen LogP contribution in [0.15, 0.2) is 47.6 Å². The highest BCUT2D eigenvalue weighted by Gasteiger charge is 2.19. The monoisotopic (exact) mass is 418 g/mol. The molecule has 3 nitrogen and oxygen atoms in total. The molecule has 0 saturated carbocycles. The summed E-state index contributed by atoms with van der Waals surface area (Å²) in [6.45, 7) is 6.47. The zero-order valence-corrected chi connectivity index (χ0v) is 17.5. The third-order valence-electron chi connectivity index (χ3n) is 3.92. The molecule has 26 heavy (non-hydrogen) atoms. The summed E-state index contributed by atoms with van der Waals surface area (Å²) in [5, 5.41) is 8.91. The molecule has 0 bridgehead atoms. The van der Waals surface area contributed by atoms with Gasteiger partial charge in [0.1, 0.15) is 0 Å². The van der Waals surface area contributed by atoms with Gasteiger partial charge >= 0.3 is 5.97 Å². The fourth-order valence-electron chi connectivity index (χ4n) is 2.36. The minimum atomic E-state index is -1.24. The fourth-order valence-corrected chi connectivity index (χ4v) is 3.00. The molecular weight excluding hydrogens is 395 g/mol. The molecule has 1 aromatic carbocycles. The van der Waals surface area contributed by atoms with Gasteiger partial charge in [-0.25, -0.2) is 4.79 Å². The number of hydrogen-bond acceptors (Lipinski definition) is 2. The van der Waals surface area contributed by atoms with Crippen LogP contribution in [-0.4, -0.2) is 21.5 Å². The van der Waals surface area contributed by atoms with Gasteiger partial charge in [-0.05, 0) is 51.3 Å². The molecular formula is C20H25Cl3O3. The minimum absolute atomic E-state index is 0.103. The fraction of sp³-hybridized carbons (Fsp3) is 0.450. The molecule has 1 atom stereocenters. The molecule has 0 fully saturated rings. The molecule has 0 radical (unpaired) electrons. The molecule has 0 heterocycles. The van der Waals surface area contributed by atoms with E-state index in [1.807, 2.05) is 13.8 Å². The predicted octanol–water partition coefficient (Wildman–Crippen LogP) is 6.90. The van der Waals surface area contributed by atoms with Crippen LogP contribution >= 0.6 is 34.8 Å². The maximum absolute atomic E-state index is 10.9. The van der Waals surface area contributed by atoms with E-state index >= 15 is 0 Å². The van der Waals surface area contributed by atoms with Gasteiger partial charge in [-0.3, -0.25) is 0 Å². The van der Waals surface area contributed by atoms with Gasteiger partial charge in [0.25, 0.3) is 0 Å². The van der Waals surface area contributed by atoms with Crippen molar-refractivity contribution >= 4 is 40.8 Å². The van der Waals surface area contributed by atoms with Crippen molar-refractivity contribution in [3.05, 3.63) is 58.7 Å². The number of carboxylic acid groups (broad SMARTS) is 1. The van der Waals surface area contributed by atoms with Crippen LogP contribution in [0.4, 0.5) is 0 Å².